The highest BCUT2D eigenvalue weighted by Gasteiger charge is 2.59. The quantitative estimate of drug-likeness (QED) is 0.469. The molecule has 0 amide bonds. The summed E-state index contributed by atoms with van der Waals surface area (Å²) in [6.07, 6.45) is 13.7. The summed E-state index contributed by atoms with van der Waals surface area (Å²) in [5, 5.41) is 11.4. The van der Waals surface area contributed by atoms with Gasteiger partial charge in [-0.2, -0.15) is 0 Å². The Hall–Kier alpha value is -0.930. The summed E-state index contributed by atoms with van der Waals surface area (Å²) >= 11 is 0. The van der Waals surface area contributed by atoms with Gasteiger partial charge in [-0.15, -0.1) is 0 Å². The number of hydrogen-bond donors (Lipinski definition) is 1. The molecule has 3 saturated carbocycles. The molecule has 9 atom stereocenters. The molecule has 0 aromatic heterocycles. The van der Waals surface area contributed by atoms with E-state index in [0.29, 0.717) is 29.2 Å². The number of aliphatic hydroxyl groups is 1. The van der Waals surface area contributed by atoms with Crippen molar-refractivity contribution in [1.82, 2.24) is 4.90 Å². The highest BCUT2D eigenvalue weighted by molar-refractivity contribution is 6.02. The first-order valence-electron chi connectivity index (χ1n) is 14.3. The Kier molecular flexibility index (Phi) is 6.46. The van der Waals surface area contributed by atoms with E-state index in [1.54, 1.807) is 11.1 Å². The molecule has 0 aromatic carbocycles. The van der Waals surface area contributed by atoms with Crippen LogP contribution in [0.5, 0.6) is 0 Å². The van der Waals surface area contributed by atoms with E-state index in [4.69, 9.17) is 4.99 Å². The average molecular weight is 467 g/mol. The summed E-state index contributed by atoms with van der Waals surface area (Å²) in [6, 6.07) is 0.322. The van der Waals surface area contributed by atoms with Gasteiger partial charge in [-0.3, -0.25) is 4.99 Å². The van der Waals surface area contributed by atoms with Gasteiger partial charge >= 0.3 is 0 Å². The number of fused-ring (bicyclic) bond motifs is 5. The lowest BCUT2D eigenvalue weighted by Crippen LogP contribution is -2.57. The molecular weight excluding hydrogens is 416 g/mol. The molecule has 5 rings (SSSR count). The fourth-order valence-electron chi connectivity index (χ4n) is 9.82. The molecule has 0 saturated heterocycles. The normalized spacial score (nSPS) is 44.8. The minimum absolute atomic E-state index is 0.187. The smallest absolute Gasteiger partial charge is 0.0731 e. The number of aliphatic imine (C=N–C) groups is 1. The van der Waals surface area contributed by atoms with Crippen LogP contribution in [0.2, 0.25) is 0 Å². The second-order valence-electron chi connectivity index (χ2n) is 13.7. The maximum Gasteiger partial charge on any atom is 0.0731 e. The molecular formula is C31H50N2O. The molecule has 0 spiro atoms. The Morgan fingerprint density at radius 2 is 1.79 bits per heavy atom. The summed E-state index contributed by atoms with van der Waals surface area (Å²) in [5.74, 6) is 3.39. The van der Waals surface area contributed by atoms with Crippen molar-refractivity contribution in [3.63, 3.8) is 0 Å². The van der Waals surface area contributed by atoms with Crippen LogP contribution in [0, 0.1) is 40.4 Å². The van der Waals surface area contributed by atoms with Crippen LogP contribution in [0.15, 0.2) is 27.8 Å². The van der Waals surface area contributed by atoms with Gasteiger partial charge in [0.25, 0.3) is 0 Å². The van der Waals surface area contributed by atoms with Gasteiger partial charge in [-0.05, 0) is 132 Å². The van der Waals surface area contributed by atoms with E-state index in [1.165, 1.54) is 49.8 Å². The summed E-state index contributed by atoms with van der Waals surface area (Å²) < 4.78 is 0. The van der Waals surface area contributed by atoms with Crippen molar-refractivity contribution in [2.75, 3.05) is 20.6 Å². The van der Waals surface area contributed by atoms with Crippen LogP contribution in [-0.4, -0.2) is 48.5 Å². The van der Waals surface area contributed by atoms with Gasteiger partial charge in [-0.1, -0.05) is 38.0 Å². The summed E-state index contributed by atoms with van der Waals surface area (Å²) in [6.45, 7) is 13.2. The SMILES string of the molecule is CC(C)=C1CCN=C1C[C@@H](C)[C@H]1CC[C@H]2C3=CCC4[C@@H](O)[C@@H](N(C)C)CC[C@]4(C)[C@H]3CC[C@]12C. The summed E-state index contributed by atoms with van der Waals surface area (Å²) in [5.41, 5.74) is 6.97. The highest BCUT2D eigenvalue weighted by atomic mass is 16.3. The predicted octanol–water partition coefficient (Wildman–Crippen LogP) is 6.67. The summed E-state index contributed by atoms with van der Waals surface area (Å²) in [4.78, 5) is 7.21. The lowest BCUT2D eigenvalue weighted by molar-refractivity contribution is -0.100. The highest BCUT2D eigenvalue weighted by Crippen LogP contribution is 2.67. The number of allylic oxidation sites excluding steroid dienone is 3. The number of nitrogens with zero attached hydrogens (tertiary/aromatic N) is 2. The monoisotopic (exact) mass is 466 g/mol. The third-order valence-corrected chi connectivity index (χ3v) is 11.7. The van der Waals surface area contributed by atoms with Gasteiger partial charge in [0.2, 0.25) is 0 Å². The van der Waals surface area contributed by atoms with Crippen LogP contribution in [-0.2, 0) is 0 Å². The van der Waals surface area contributed by atoms with Crippen molar-refractivity contribution in [3.8, 4) is 0 Å². The van der Waals surface area contributed by atoms with Gasteiger partial charge in [-0.25, -0.2) is 0 Å². The Balaban J connectivity index is 1.36. The standard InChI is InChI=1S/C31H50N2O/c1-19(2)21-14-17-32-27(21)18-20(3)23-10-11-24-22-8-9-26-29(34)28(33(6)7)13-16-31(26,5)25(22)12-15-30(23,24)4/h8,20,23-26,28-29,34H,9-18H2,1-7H3/t20-,23-,24+,25+,26?,28+,29-,30-,31-/m1/s1. The number of hydrogen-bond acceptors (Lipinski definition) is 3. The molecule has 34 heavy (non-hydrogen) atoms. The Labute approximate surface area is 209 Å². The van der Waals surface area contributed by atoms with Crippen molar-refractivity contribution in [1.29, 1.82) is 0 Å². The van der Waals surface area contributed by atoms with Crippen LogP contribution in [0.4, 0.5) is 0 Å². The van der Waals surface area contributed by atoms with Crippen molar-refractivity contribution in [2.24, 2.45) is 45.4 Å². The summed E-state index contributed by atoms with van der Waals surface area (Å²) in [7, 11) is 4.29. The van der Waals surface area contributed by atoms with E-state index >= 15 is 0 Å². The second-order valence-corrected chi connectivity index (χ2v) is 13.7. The lowest BCUT2D eigenvalue weighted by atomic mass is 9.47. The molecule has 1 unspecified atom stereocenters. The molecule has 1 heterocycles. The Morgan fingerprint density at radius 3 is 2.50 bits per heavy atom. The Morgan fingerprint density at radius 1 is 1.09 bits per heavy atom. The molecule has 5 aliphatic rings. The first kappa shape index (κ1) is 24.8. The number of likely N-dealkylation sites (N-methyl/N-ethyl adjacent to an activating group) is 1. The molecule has 190 valence electrons. The van der Waals surface area contributed by atoms with Crippen LogP contribution in [0.25, 0.3) is 0 Å². The lowest BCUT2D eigenvalue weighted by Gasteiger charge is -2.59. The van der Waals surface area contributed by atoms with E-state index < -0.39 is 0 Å². The third-order valence-electron chi connectivity index (χ3n) is 11.7. The first-order chi connectivity index (χ1) is 16.1. The molecule has 3 fully saturated rings. The molecule has 0 radical (unpaired) electrons. The Bertz CT molecular complexity index is 895. The number of rotatable bonds is 4. The topological polar surface area (TPSA) is 35.8 Å². The van der Waals surface area contributed by atoms with Crippen molar-refractivity contribution in [2.45, 2.75) is 105 Å². The van der Waals surface area contributed by atoms with Crippen LogP contribution >= 0.6 is 0 Å². The van der Waals surface area contributed by atoms with Crippen molar-refractivity contribution in [3.05, 3.63) is 22.8 Å². The van der Waals surface area contributed by atoms with Gasteiger partial charge in [0.1, 0.15) is 0 Å². The van der Waals surface area contributed by atoms with E-state index in [2.05, 4.69) is 59.7 Å². The van der Waals surface area contributed by atoms with E-state index in [0.717, 1.165) is 37.6 Å². The molecule has 0 bridgehead atoms. The fourth-order valence-corrected chi connectivity index (χ4v) is 9.82. The first-order valence-corrected chi connectivity index (χ1v) is 14.3. The zero-order valence-corrected chi connectivity index (χ0v) is 23.0. The minimum Gasteiger partial charge on any atom is -0.391 e. The van der Waals surface area contributed by atoms with Crippen molar-refractivity contribution >= 4 is 5.71 Å². The maximum atomic E-state index is 11.4. The molecule has 3 heteroatoms. The maximum absolute atomic E-state index is 11.4. The largest absolute Gasteiger partial charge is 0.391 e. The van der Waals surface area contributed by atoms with Gasteiger partial charge in [0.05, 0.1) is 6.10 Å². The van der Waals surface area contributed by atoms with Gasteiger partial charge in [0.15, 0.2) is 0 Å². The molecule has 4 aliphatic carbocycles. The zero-order chi connectivity index (χ0) is 24.4. The van der Waals surface area contributed by atoms with Gasteiger partial charge in [0, 0.05) is 18.3 Å². The van der Waals surface area contributed by atoms with E-state index in [9.17, 15) is 5.11 Å². The average Bonchev–Trinajstić information content (AvgIpc) is 3.37. The van der Waals surface area contributed by atoms with Gasteiger partial charge < -0.3 is 10.0 Å². The van der Waals surface area contributed by atoms with Crippen LogP contribution in [0.3, 0.4) is 0 Å². The van der Waals surface area contributed by atoms with E-state index in [1.807, 2.05) is 0 Å². The molecule has 3 nitrogen and oxygen atoms in total. The predicted molar refractivity (Wildman–Crippen MR) is 143 cm³/mol. The second kappa shape index (κ2) is 8.87. The number of aliphatic hydroxyl groups excluding tert-OH is 1. The molecule has 0 aromatic rings. The minimum atomic E-state index is -0.187. The van der Waals surface area contributed by atoms with Crippen LogP contribution in [0.1, 0.15) is 92.4 Å². The zero-order valence-electron chi connectivity index (χ0n) is 23.0. The molecule has 1 aliphatic heterocycles. The third kappa shape index (κ3) is 3.71. The fraction of sp³-hybridized carbons (Fsp3) is 0.839. The van der Waals surface area contributed by atoms with E-state index in [-0.39, 0.29) is 11.5 Å². The van der Waals surface area contributed by atoms with Crippen molar-refractivity contribution < 1.29 is 5.11 Å². The molecule has 1 N–H and O–H groups in total. The van der Waals surface area contributed by atoms with Crippen LogP contribution < -0.4 is 0 Å².